The number of anilines is 2. The molecule has 0 spiro atoms. The van der Waals surface area contributed by atoms with Gasteiger partial charge in [-0.15, -0.1) is 0 Å². The van der Waals surface area contributed by atoms with Gasteiger partial charge in [0.05, 0.1) is 12.6 Å². The second-order valence-electron chi connectivity index (χ2n) is 6.88. The highest BCUT2D eigenvalue weighted by Crippen LogP contribution is 2.18. The summed E-state index contributed by atoms with van der Waals surface area (Å²) in [4.78, 5) is 9.87. The van der Waals surface area contributed by atoms with E-state index in [0.29, 0.717) is 12.4 Å². The Hall–Kier alpha value is -2.81. The summed E-state index contributed by atoms with van der Waals surface area (Å²) in [6.45, 7) is 4.79. The van der Waals surface area contributed by atoms with Crippen molar-refractivity contribution < 1.29 is 14.7 Å². The van der Waals surface area contributed by atoms with Crippen LogP contribution >= 0.6 is 0 Å². The van der Waals surface area contributed by atoms with Crippen LogP contribution in [0.1, 0.15) is 19.4 Å². The van der Waals surface area contributed by atoms with Gasteiger partial charge in [0.25, 0.3) is 0 Å². The highest BCUT2D eigenvalue weighted by molar-refractivity contribution is 6.36. The third-order valence-electron chi connectivity index (χ3n) is 4.50. The number of rotatable bonds is 8. The third kappa shape index (κ3) is 4.31. The van der Waals surface area contributed by atoms with Crippen LogP contribution in [0.25, 0.3) is 5.65 Å². The van der Waals surface area contributed by atoms with Gasteiger partial charge in [-0.3, -0.25) is 4.84 Å². The molecule has 0 aliphatic carbocycles. The van der Waals surface area contributed by atoms with Crippen LogP contribution in [0, 0.1) is 5.92 Å². The van der Waals surface area contributed by atoms with Crippen molar-refractivity contribution in [1.29, 1.82) is 0 Å². The lowest BCUT2D eigenvalue weighted by molar-refractivity contribution is -0.885. The Morgan fingerprint density at radius 1 is 1.41 bits per heavy atom. The van der Waals surface area contributed by atoms with E-state index < -0.39 is 0 Å². The van der Waals surface area contributed by atoms with Gasteiger partial charge in [-0.1, -0.05) is 13.8 Å². The van der Waals surface area contributed by atoms with E-state index in [1.807, 2.05) is 38.4 Å². The standard InChI is InChI=1S/C18H26BN6O2/c1-12(2)15(11-26)22-16-7-17(25-18(23-16)14(19)9-21-25)20-8-13-5-4-6-24(10-13)27-3/h4-7,9-10,12,15,20,26H,8,11,19H2,1-3H3,(H,22,23)/q+1/t15-/m1/s1. The molecule has 0 aliphatic heterocycles. The zero-order valence-electron chi connectivity index (χ0n) is 16.2. The molecule has 0 saturated carbocycles. The van der Waals surface area contributed by atoms with E-state index in [4.69, 9.17) is 4.84 Å². The minimum atomic E-state index is -0.0641. The molecule has 0 amide bonds. The van der Waals surface area contributed by atoms with Gasteiger partial charge in [0.15, 0.2) is 5.65 Å². The first kappa shape index (κ1) is 19.0. The number of hydrogen-bond donors (Lipinski definition) is 3. The van der Waals surface area contributed by atoms with Crippen LogP contribution in [0.4, 0.5) is 11.6 Å². The summed E-state index contributed by atoms with van der Waals surface area (Å²) in [6, 6.07) is 5.81. The third-order valence-corrected chi connectivity index (χ3v) is 4.50. The second-order valence-corrected chi connectivity index (χ2v) is 6.88. The summed E-state index contributed by atoms with van der Waals surface area (Å²) in [6.07, 6.45) is 5.55. The molecule has 3 aromatic rings. The second kappa shape index (κ2) is 8.26. The zero-order chi connectivity index (χ0) is 19.4. The number of pyridine rings is 1. The number of aliphatic hydroxyl groups is 1. The Bertz CT molecular complexity index is 914. The smallest absolute Gasteiger partial charge is 0.227 e. The summed E-state index contributed by atoms with van der Waals surface area (Å²) < 4.78 is 3.44. The van der Waals surface area contributed by atoms with Crippen molar-refractivity contribution >= 4 is 30.6 Å². The van der Waals surface area contributed by atoms with Gasteiger partial charge < -0.3 is 15.7 Å². The maximum Gasteiger partial charge on any atom is 0.227 e. The van der Waals surface area contributed by atoms with Gasteiger partial charge in [-0.2, -0.15) is 9.61 Å². The predicted octanol–water partition coefficient (Wildman–Crippen LogP) is -0.625. The number of nitrogens with zero attached hydrogens (tertiary/aromatic N) is 4. The lowest BCUT2D eigenvalue weighted by Gasteiger charge is -2.21. The number of aromatic nitrogens is 4. The Kier molecular flexibility index (Phi) is 5.80. The maximum atomic E-state index is 9.62. The molecule has 9 heteroatoms. The Morgan fingerprint density at radius 2 is 2.22 bits per heavy atom. The van der Waals surface area contributed by atoms with E-state index in [1.54, 1.807) is 22.6 Å². The van der Waals surface area contributed by atoms with Crippen molar-refractivity contribution in [1.82, 2.24) is 14.6 Å². The van der Waals surface area contributed by atoms with Gasteiger partial charge in [-0.05, 0) is 17.4 Å². The summed E-state index contributed by atoms with van der Waals surface area (Å²) in [5.74, 6) is 1.81. The van der Waals surface area contributed by atoms with Gasteiger partial charge in [0, 0.05) is 35.2 Å². The average molecular weight is 369 g/mol. The van der Waals surface area contributed by atoms with Crippen LogP contribution in [0.2, 0.25) is 0 Å². The Balaban J connectivity index is 1.88. The molecule has 3 N–H and O–H groups in total. The van der Waals surface area contributed by atoms with Crippen LogP contribution in [0.15, 0.2) is 36.8 Å². The normalized spacial score (nSPS) is 12.3. The van der Waals surface area contributed by atoms with Crippen LogP contribution in [0.5, 0.6) is 0 Å². The van der Waals surface area contributed by atoms with Gasteiger partial charge in [-0.25, -0.2) is 4.98 Å². The van der Waals surface area contributed by atoms with E-state index in [1.165, 1.54) is 0 Å². The number of aliphatic hydroxyl groups excluding tert-OH is 1. The van der Waals surface area contributed by atoms with Crippen molar-refractivity contribution in [3.63, 3.8) is 0 Å². The van der Waals surface area contributed by atoms with Crippen molar-refractivity contribution in [2.75, 3.05) is 24.4 Å². The van der Waals surface area contributed by atoms with E-state index in [-0.39, 0.29) is 18.6 Å². The fraction of sp³-hybridized carbons (Fsp3) is 0.389. The van der Waals surface area contributed by atoms with Crippen molar-refractivity contribution in [2.45, 2.75) is 26.4 Å². The summed E-state index contributed by atoms with van der Waals surface area (Å²) in [5.41, 5.74) is 2.84. The number of nitrogens with one attached hydrogen (secondary N) is 2. The van der Waals surface area contributed by atoms with Crippen LogP contribution in [-0.4, -0.2) is 47.3 Å². The van der Waals surface area contributed by atoms with Gasteiger partial charge in [0.2, 0.25) is 12.4 Å². The minimum Gasteiger partial charge on any atom is -0.394 e. The number of fused-ring (bicyclic) bond motifs is 1. The first-order valence-corrected chi connectivity index (χ1v) is 9.03. The van der Waals surface area contributed by atoms with Crippen molar-refractivity contribution in [2.24, 2.45) is 5.92 Å². The summed E-state index contributed by atoms with van der Waals surface area (Å²) >= 11 is 0. The number of hydrogen-bond acceptors (Lipinski definition) is 6. The SMILES string of the molecule is Bc1cnn2c(NCc3ccc[n+](OC)c3)cc(N[C@H](CO)C(C)C)nc12. The lowest BCUT2D eigenvalue weighted by Crippen LogP contribution is -2.40. The first-order chi connectivity index (χ1) is 13.0. The van der Waals surface area contributed by atoms with Crippen LogP contribution in [0.3, 0.4) is 0 Å². The topological polar surface area (TPSA) is 87.6 Å². The molecular weight excluding hydrogens is 343 g/mol. The Morgan fingerprint density at radius 3 is 2.93 bits per heavy atom. The zero-order valence-corrected chi connectivity index (χ0v) is 16.2. The van der Waals surface area contributed by atoms with Crippen LogP contribution < -0.4 is 25.7 Å². The molecule has 0 aromatic carbocycles. The molecule has 142 valence electrons. The molecule has 0 saturated heterocycles. The maximum absolute atomic E-state index is 9.62. The molecule has 0 bridgehead atoms. The van der Waals surface area contributed by atoms with E-state index in [9.17, 15) is 5.11 Å². The monoisotopic (exact) mass is 369 g/mol. The molecule has 27 heavy (non-hydrogen) atoms. The molecular formula is C18H26BN6O2+. The van der Waals surface area contributed by atoms with E-state index >= 15 is 0 Å². The molecule has 0 radical (unpaired) electrons. The van der Waals surface area contributed by atoms with E-state index in [2.05, 4.69) is 34.6 Å². The van der Waals surface area contributed by atoms with Gasteiger partial charge in [0.1, 0.15) is 26.6 Å². The highest BCUT2D eigenvalue weighted by Gasteiger charge is 2.15. The van der Waals surface area contributed by atoms with Crippen LogP contribution in [-0.2, 0) is 6.54 Å². The fourth-order valence-electron chi connectivity index (χ4n) is 2.80. The van der Waals surface area contributed by atoms with Crippen molar-refractivity contribution in [3.8, 4) is 0 Å². The van der Waals surface area contributed by atoms with E-state index in [0.717, 1.165) is 22.5 Å². The molecule has 3 rings (SSSR count). The van der Waals surface area contributed by atoms with Crippen molar-refractivity contribution in [3.05, 3.63) is 42.4 Å². The summed E-state index contributed by atoms with van der Waals surface area (Å²) in [5, 5.41) is 20.8. The molecule has 3 aromatic heterocycles. The average Bonchev–Trinajstić information content (AvgIpc) is 3.05. The minimum absolute atomic E-state index is 0.0482. The molecule has 8 nitrogen and oxygen atoms in total. The Labute approximate surface area is 159 Å². The lowest BCUT2D eigenvalue weighted by atomic mass is 10.0. The molecule has 3 heterocycles. The quantitative estimate of drug-likeness (QED) is 0.362. The predicted molar refractivity (Wildman–Crippen MR) is 107 cm³/mol. The molecule has 0 fully saturated rings. The molecule has 1 atom stereocenters. The summed E-state index contributed by atoms with van der Waals surface area (Å²) in [7, 11) is 3.61. The largest absolute Gasteiger partial charge is 0.394 e. The fourth-order valence-corrected chi connectivity index (χ4v) is 2.80. The molecule has 0 unspecified atom stereocenters. The first-order valence-electron chi connectivity index (χ1n) is 9.03. The molecule has 0 aliphatic rings. The highest BCUT2D eigenvalue weighted by atomic mass is 16.6. The van der Waals surface area contributed by atoms with Gasteiger partial charge >= 0.3 is 0 Å².